The molecule has 120 valence electrons. The number of aromatic nitrogens is 3. The van der Waals surface area contributed by atoms with Crippen molar-refractivity contribution < 1.29 is 19.7 Å². The minimum Gasteiger partial charge on any atom is -0.444 e. The number of rotatable bonds is 4. The van der Waals surface area contributed by atoms with Gasteiger partial charge in [0.25, 0.3) is 0 Å². The van der Waals surface area contributed by atoms with Gasteiger partial charge in [-0.3, -0.25) is 9.38 Å². The van der Waals surface area contributed by atoms with E-state index in [-0.39, 0.29) is 6.54 Å². The number of carbonyl (C=O) groups is 1. The Morgan fingerprint density at radius 1 is 1.41 bits per heavy atom. The Labute approximate surface area is 127 Å². The number of nitrogens with zero attached hydrogens (tertiary/aromatic N) is 3. The van der Waals surface area contributed by atoms with Crippen molar-refractivity contribution in [3.05, 3.63) is 30.5 Å². The minimum atomic E-state index is -1.20. The average molecular weight is 308 g/mol. The zero-order valence-electron chi connectivity index (χ0n) is 12.7. The highest BCUT2D eigenvalue weighted by Crippen LogP contribution is 2.18. The molecular formula is C14H20N4O4. The maximum atomic E-state index is 11.5. The van der Waals surface area contributed by atoms with E-state index >= 15 is 0 Å². The predicted molar refractivity (Wildman–Crippen MR) is 78.2 cm³/mol. The number of nitrogens with one attached hydrogen (secondary N) is 1. The van der Waals surface area contributed by atoms with Gasteiger partial charge >= 0.3 is 6.09 Å². The molecule has 0 bridgehead atoms. The third-order valence-corrected chi connectivity index (χ3v) is 2.87. The van der Waals surface area contributed by atoms with E-state index in [0.29, 0.717) is 11.3 Å². The van der Waals surface area contributed by atoms with E-state index in [1.54, 1.807) is 43.8 Å². The Kier molecular flexibility index (Phi) is 4.62. The molecule has 0 radical (unpaired) electrons. The molecule has 2 aromatic heterocycles. The van der Waals surface area contributed by atoms with Crippen LogP contribution in [0.1, 0.15) is 32.6 Å². The number of alkyl carbamates (subject to hydrolysis) is 1. The second-order valence-corrected chi connectivity index (χ2v) is 5.88. The first-order valence-corrected chi connectivity index (χ1v) is 6.88. The summed E-state index contributed by atoms with van der Waals surface area (Å²) in [7, 11) is 0. The van der Waals surface area contributed by atoms with Crippen LogP contribution in [0.3, 0.4) is 0 Å². The first-order valence-electron chi connectivity index (χ1n) is 6.88. The molecule has 22 heavy (non-hydrogen) atoms. The number of hydrogen-bond donors (Lipinski definition) is 3. The fraction of sp³-hybridized carbons (Fsp3) is 0.500. The van der Waals surface area contributed by atoms with Crippen molar-refractivity contribution in [3.63, 3.8) is 0 Å². The van der Waals surface area contributed by atoms with Crippen molar-refractivity contribution in [2.45, 2.75) is 38.6 Å². The average Bonchev–Trinajstić information content (AvgIpc) is 2.86. The molecular weight excluding hydrogens is 288 g/mol. The SMILES string of the molecule is CC(C)(C)OC(=O)NCC(O)C(O)c1cnc2cnccn12. The molecule has 8 heteroatoms. The number of ether oxygens (including phenoxy) is 1. The van der Waals surface area contributed by atoms with Crippen molar-refractivity contribution in [3.8, 4) is 0 Å². The van der Waals surface area contributed by atoms with E-state index in [1.165, 1.54) is 6.20 Å². The van der Waals surface area contributed by atoms with Gasteiger partial charge < -0.3 is 20.3 Å². The summed E-state index contributed by atoms with van der Waals surface area (Å²) in [5.74, 6) is 0. The largest absolute Gasteiger partial charge is 0.444 e. The molecule has 0 saturated heterocycles. The van der Waals surface area contributed by atoms with Crippen molar-refractivity contribution >= 4 is 11.7 Å². The van der Waals surface area contributed by atoms with Gasteiger partial charge in [0.05, 0.1) is 18.1 Å². The van der Waals surface area contributed by atoms with E-state index in [2.05, 4.69) is 15.3 Å². The molecule has 8 nitrogen and oxygen atoms in total. The molecule has 0 aliphatic heterocycles. The van der Waals surface area contributed by atoms with Crippen LogP contribution in [-0.4, -0.2) is 48.9 Å². The van der Waals surface area contributed by atoms with Crippen LogP contribution in [0, 0.1) is 0 Å². The number of aliphatic hydroxyl groups excluding tert-OH is 2. The molecule has 0 spiro atoms. The van der Waals surface area contributed by atoms with E-state index in [4.69, 9.17) is 4.74 Å². The Balaban J connectivity index is 1.98. The molecule has 0 aliphatic carbocycles. The van der Waals surface area contributed by atoms with Gasteiger partial charge in [0.15, 0.2) is 5.65 Å². The van der Waals surface area contributed by atoms with E-state index in [9.17, 15) is 15.0 Å². The molecule has 2 rings (SSSR count). The Bertz CT molecular complexity index is 650. The lowest BCUT2D eigenvalue weighted by molar-refractivity contribution is 0.0105. The summed E-state index contributed by atoms with van der Waals surface area (Å²) >= 11 is 0. The molecule has 2 aromatic rings. The third-order valence-electron chi connectivity index (χ3n) is 2.87. The maximum absolute atomic E-state index is 11.5. The zero-order valence-corrected chi connectivity index (χ0v) is 12.7. The van der Waals surface area contributed by atoms with Crippen LogP contribution < -0.4 is 5.32 Å². The van der Waals surface area contributed by atoms with E-state index in [0.717, 1.165) is 0 Å². The Morgan fingerprint density at radius 2 is 2.14 bits per heavy atom. The van der Waals surface area contributed by atoms with Crippen LogP contribution in [0.25, 0.3) is 5.65 Å². The first kappa shape index (κ1) is 16.2. The number of amides is 1. The van der Waals surface area contributed by atoms with Gasteiger partial charge in [0.1, 0.15) is 17.8 Å². The van der Waals surface area contributed by atoms with Gasteiger partial charge in [-0.1, -0.05) is 0 Å². The number of fused-ring (bicyclic) bond motifs is 1. The van der Waals surface area contributed by atoms with Crippen molar-refractivity contribution in [1.82, 2.24) is 19.7 Å². The third kappa shape index (κ3) is 3.92. The van der Waals surface area contributed by atoms with Crippen LogP contribution in [0.15, 0.2) is 24.8 Å². The van der Waals surface area contributed by atoms with Crippen molar-refractivity contribution in [2.24, 2.45) is 0 Å². The smallest absolute Gasteiger partial charge is 0.407 e. The first-order chi connectivity index (χ1) is 10.3. The highest BCUT2D eigenvalue weighted by molar-refractivity contribution is 5.67. The Hall–Kier alpha value is -2.19. The quantitative estimate of drug-likeness (QED) is 0.765. The summed E-state index contributed by atoms with van der Waals surface area (Å²) in [5, 5.41) is 22.6. The summed E-state index contributed by atoms with van der Waals surface area (Å²) in [6.07, 6.45) is 3.14. The fourth-order valence-corrected chi connectivity index (χ4v) is 1.89. The van der Waals surface area contributed by atoms with Gasteiger partial charge in [0, 0.05) is 18.9 Å². The molecule has 1 amide bonds. The van der Waals surface area contributed by atoms with Crippen LogP contribution in [0.5, 0.6) is 0 Å². The lowest BCUT2D eigenvalue weighted by Crippen LogP contribution is -2.39. The normalized spacial score (nSPS) is 14.6. The monoisotopic (exact) mass is 308 g/mol. The lowest BCUT2D eigenvalue weighted by Gasteiger charge is -2.22. The summed E-state index contributed by atoms with van der Waals surface area (Å²) in [6, 6.07) is 0. The van der Waals surface area contributed by atoms with Crippen LogP contribution in [-0.2, 0) is 4.74 Å². The number of imidazole rings is 1. The molecule has 2 heterocycles. The number of hydrogen-bond acceptors (Lipinski definition) is 6. The molecule has 0 aliphatic rings. The van der Waals surface area contributed by atoms with Gasteiger partial charge in [-0.2, -0.15) is 0 Å². The van der Waals surface area contributed by atoms with Gasteiger partial charge in [0.2, 0.25) is 0 Å². The van der Waals surface area contributed by atoms with Crippen molar-refractivity contribution in [1.29, 1.82) is 0 Å². The maximum Gasteiger partial charge on any atom is 0.407 e. The topological polar surface area (TPSA) is 109 Å². The van der Waals surface area contributed by atoms with Crippen LogP contribution >= 0.6 is 0 Å². The van der Waals surface area contributed by atoms with Crippen LogP contribution in [0.4, 0.5) is 4.79 Å². The fourth-order valence-electron chi connectivity index (χ4n) is 1.89. The second-order valence-electron chi connectivity index (χ2n) is 5.88. The Morgan fingerprint density at radius 3 is 2.82 bits per heavy atom. The number of carbonyl (C=O) groups excluding carboxylic acids is 1. The van der Waals surface area contributed by atoms with E-state index in [1.807, 2.05) is 0 Å². The summed E-state index contributed by atoms with van der Waals surface area (Å²) in [5.41, 5.74) is 0.349. The zero-order chi connectivity index (χ0) is 16.3. The molecule has 2 unspecified atom stereocenters. The van der Waals surface area contributed by atoms with Gasteiger partial charge in [-0.05, 0) is 20.8 Å². The molecule has 3 N–H and O–H groups in total. The second kappa shape index (κ2) is 6.29. The highest BCUT2D eigenvalue weighted by Gasteiger charge is 2.23. The number of aliphatic hydroxyl groups is 2. The predicted octanol–water partition coefficient (Wildman–Crippen LogP) is 0.648. The summed E-state index contributed by atoms with van der Waals surface area (Å²) in [6.45, 7) is 5.08. The summed E-state index contributed by atoms with van der Waals surface area (Å²) in [4.78, 5) is 19.5. The summed E-state index contributed by atoms with van der Waals surface area (Å²) < 4.78 is 6.68. The molecule has 2 atom stereocenters. The van der Waals surface area contributed by atoms with Gasteiger partial charge in [-0.15, -0.1) is 0 Å². The van der Waals surface area contributed by atoms with E-state index < -0.39 is 23.9 Å². The minimum absolute atomic E-state index is 0.144. The van der Waals surface area contributed by atoms with Crippen molar-refractivity contribution in [2.75, 3.05) is 6.54 Å². The molecule has 0 fully saturated rings. The van der Waals surface area contributed by atoms with Gasteiger partial charge in [-0.25, -0.2) is 9.78 Å². The molecule has 0 saturated carbocycles. The highest BCUT2D eigenvalue weighted by atomic mass is 16.6. The molecule has 0 aromatic carbocycles. The lowest BCUT2D eigenvalue weighted by atomic mass is 10.1. The standard InChI is InChI=1S/C14H20N4O4/c1-14(2,3)22-13(21)17-7-10(19)12(20)9-6-16-11-8-15-4-5-18(9)11/h4-6,8,10,12,19-20H,7H2,1-3H3,(H,17,21). The van der Waals surface area contributed by atoms with Crippen LogP contribution in [0.2, 0.25) is 0 Å².